The molecular formula is C41H40ClF3N10O2S. The molecule has 4 aliphatic rings. The van der Waals surface area contributed by atoms with Crippen molar-refractivity contribution in [3.63, 3.8) is 0 Å². The van der Waals surface area contributed by atoms with Gasteiger partial charge in [0.15, 0.2) is 11.5 Å². The molecule has 3 aromatic heterocycles. The third-order valence-corrected chi connectivity index (χ3v) is 14.2. The maximum absolute atomic E-state index is 17.4. The van der Waals surface area contributed by atoms with E-state index in [0.29, 0.717) is 56.0 Å². The topological polar surface area (TPSA) is 153 Å². The Morgan fingerprint density at radius 2 is 1.95 bits per heavy atom. The number of anilines is 2. The number of hydrogen-bond donors (Lipinski definition) is 1. The first-order valence-electron chi connectivity index (χ1n) is 19.6. The lowest BCUT2D eigenvalue weighted by Gasteiger charge is -2.58. The van der Waals surface area contributed by atoms with Gasteiger partial charge >= 0.3 is 12.0 Å². The second-order valence-electron chi connectivity index (χ2n) is 16.1. The summed E-state index contributed by atoms with van der Waals surface area (Å²) in [5.41, 5.74) is 5.54. The number of benzene rings is 2. The Morgan fingerprint density at radius 1 is 1.12 bits per heavy atom. The van der Waals surface area contributed by atoms with E-state index in [-0.39, 0.29) is 78.1 Å². The SMILES string of the molecule is CC[C@H]1N(C(=O)n2cc(C#N)nc2C)C[C@]12CCCCN(c1nc(OC[C@@]34CCCN3C[C@H](F)C4)nc3c(F)c(-c4ccc(F)c5sc(N)c(C#N)c45)c(Cl)cc13)C2. The summed E-state index contributed by atoms with van der Waals surface area (Å²) in [7, 11) is 0. The number of thiophene rings is 1. The molecule has 9 rings (SSSR count). The number of fused-ring (bicyclic) bond motifs is 3. The van der Waals surface area contributed by atoms with Gasteiger partial charge in [-0.25, -0.2) is 22.9 Å². The molecule has 300 valence electrons. The summed E-state index contributed by atoms with van der Waals surface area (Å²) >= 11 is 7.91. The number of halogens is 4. The van der Waals surface area contributed by atoms with Gasteiger partial charge in [-0.3, -0.25) is 9.47 Å². The van der Waals surface area contributed by atoms with Gasteiger partial charge in [-0.05, 0) is 63.3 Å². The number of aryl methyl sites for hydroxylation is 1. The van der Waals surface area contributed by atoms with Crippen LogP contribution < -0.4 is 15.4 Å². The summed E-state index contributed by atoms with van der Waals surface area (Å²) in [6.07, 6.45) is 5.69. The maximum atomic E-state index is 17.4. The summed E-state index contributed by atoms with van der Waals surface area (Å²) in [6, 6.07) is 7.79. The van der Waals surface area contributed by atoms with Crippen molar-refractivity contribution < 1.29 is 22.7 Å². The van der Waals surface area contributed by atoms with Crippen LogP contribution in [0.2, 0.25) is 5.02 Å². The van der Waals surface area contributed by atoms with Crippen molar-refractivity contribution in [1.82, 2.24) is 29.3 Å². The van der Waals surface area contributed by atoms with Gasteiger partial charge in [0, 0.05) is 60.4 Å². The molecule has 2 N–H and O–H groups in total. The number of amides is 1. The largest absolute Gasteiger partial charge is 0.461 e. The van der Waals surface area contributed by atoms with Crippen molar-refractivity contribution >= 4 is 60.8 Å². The van der Waals surface area contributed by atoms with Crippen molar-refractivity contribution in [1.29, 1.82) is 10.5 Å². The van der Waals surface area contributed by atoms with Crippen molar-refractivity contribution in [3.05, 3.63) is 58.1 Å². The van der Waals surface area contributed by atoms with Crippen LogP contribution >= 0.6 is 22.9 Å². The molecule has 4 aliphatic heterocycles. The number of nitrogens with two attached hydrogens (primary N) is 1. The molecule has 2 aromatic carbocycles. The van der Waals surface area contributed by atoms with E-state index >= 15 is 8.78 Å². The van der Waals surface area contributed by atoms with E-state index in [1.54, 1.807) is 13.0 Å². The van der Waals surface area contributed by atoms with Crippen LogP contribution in [0.5, 0.6) is 6.01 Å². The molecule has 58 heavy (non-hydrogen) atoms. The third-order valence-electron chi connectivity index (χ3n) is 12.8. The zero-order valence-corrected chi connectivity index (χ0v) is 33.6. The van der Waals surface area contributed by atoms with E-state index < -0.39 is 23.3 Å². The number of carbonyl (C=O) groups excluding carboxylic acids is 1. The molecule has 12 nitrogen and oxygen atoms in total. The Hall–Kier alpha value is -5.16. The highest BCUT2D eigenvalue weighted by atomic mass is 35.5. The molecule has 0 aliphatic carbocycles. The van der Waals surface area contributed by atoms with Crippen molar-refractivity contribution in [2.24, 2.45) is 5.41 Å². The van der Waals surface area contributed by atoms with Crippen LogP contribution in [0.3, 0.4) is 0 Å². The molecule has 0 unspecified atom stereocenters. The first-order chi connectivity index (χ1) is 27.9. The number of carbonyl (C=O) groups is 1. The number of nitrogens with zero attached hydrogens (tertiary/aromatic N) is 9. The van der Waals surface area contributed by atoms with E-state index in [1.807, 2.05) is 24.0 Å². The normalized spacial score (nSPS) is 24.6. The predicted molar refractivity (Wildman–Crippen MR) is 215 cm³/mol. The molecule has 0 bridgehead atoms. The van der Waals surface area contributed by atoms with Gasteiger partial charge in [0.25, 0.3) is 0 Å². The fourth-order valence-corrected chi connectivity index (χ4v) is 11.5. The third kappa shape index (κ3) is 5.94. The zero-order valence-electron chi connectivity index (χ0n) is 32.0. The lowest BCUT2D eigenvalue weighted by molar-refractivity contribution is -0.0421. The Morgan fingerprint density at radius 3 is 2.71 bits per heavy atom. The number of nitrogen functional groups attached to an aromatic ring is 1. The summed E-state index contributed by atoms with van der Waals surface area (Å²) in [4.78, 5) is 33.7. The van der Waals surface area contributed by atoms with Crippen molar-refractivity contribution in [2.45, 2.75) is 76.5 Å². The van der Waals surface area contributed by atoms with Crippen LogP contribution in [0, 0.1) is 46.6 Å². The zero-order chi connectivity index (χ0) is 40.7. The molecule has 4 fully saturated rings. The van der Waals surface area contributed by atoms with Gasteiger partial charge in [-0.15, -0.1) is 11.3 Å². The number of imidazole rings is 1. The molecule has 7 heterocycles. The highest BCUT2D eigenvalue weighted by Gasteiger charge is 2.55. The highest BCUT2D eigenvalue weighted by Crippen LogP contribution is 2.49. The average molecular weight is 829 g/mol. The van der Waals surface area contributed by atoms with Crippen LogP contribution in [0.15, 0.2) is 24.4 Å². The highest BCUT2D eigenvalue weighted by molar-refractivity contribution is 7.23. The minimum atomic E-state index is -0.976. The van der Waals surface area contributed by atoms with Crippen LogP contribution in [0.25, 0.3) is 32.1 Å². The standard InChI is InChI=1S/C41H40ClF3N10O2S/c1-3-30-40(20-55(30)39(56)54-18-24(15-46)49-22(54)2)9-4-5-11-52(19-40)37-26-13-28(42)32(25-7-8-29(44)35-31(25)27(16-47)36(48)58-35)33(45)34(26)50-38(51-37)57-21-41-10-6-12-53(41)17-23(43)14-41/h7-8,13,18,23,30H,3-6,9-12,14,17,19-21,48H2,1-2H3/t23-,30-,40-,41+/m1/s1. The summed E-state index contributed by atoms with van der Waals surface area (Å²) < 4.78 is 55.2. The quantitative estimate of drug-likeness (QED) is 0.178. The van der Waals surface area contributed by atoms with Crippen molar-refractivity contribution in [2.75, 3.05) is 50.0 Å². The molecular weight excluding hydrogens is 789 g/mol. The minimum absolute atomic E-state index is 0.00865. The molecule has 4 saturated heterocycles. The fraction of sp³-hybridized carbons (Fsp3) is 0.463. The maximum Gasteiger partial charge on any atom is 0.329 e. The van der Waals surface area contributed by atoms with Gasteiger partial charge in [0.05, 0.1) is 27.0 Å². The Labute approximate surface area is 341 Å². The smallest absolute Gasteiger partial charge is 0.329 e. The summed E-state index contributed by atoms with van der Waals surface area (Å²) in [5, 5.41) is 20.0. The Bertz CT molecular complexity index is 2600. The van der Waals surface area contributed by atoms with E-state index in [2.05, 4.69) is 19.8 Å². The number of alkyl halides is 1. The number of aromatic nitrogens is 4. The van der Waals surface area contributed by atoms with Gasteiger partial charge in [0.1, 0.15) is 52.9 Å². The van der Waals surface area contributed by atoms with E-state index in [1.165, 1.54) is 22.9 Å². The number of likely N-dealkylation sites (tertiary alicyclic amines) is 1. The van der Waals surface area contributed by atoms with Gasteiger partial charge < -0.3 is 20.3 Å². The summed E-state index contributed by atoms with van der Waals surface area (Å²) in [5.74, 6) is -0.548. The molecule has 0 saturated carbocycles. The Balaban J connectivity index is 1.15. The Kier molecular flexibility index (Phi) is 9.45. The average Bonchev–Trinajstić information content (AvgIpc) is 3.90. The van der Waals surface area contributed by atoms with Gasteiger partial charge in [-0.2, -0.15) is 20.5 Å². The summed E-state index contributed by atoms with van der Waals surface area (Å²) in [6.45, 7) is 6.50. The molecule has 4 atom stereocenters. The first-order valence-corrected chi connectivity index (χ1v) is 20.7. The van der Waals surface area contributed by atoms with Crippen molar-refractivity contribution in [3.8, 4) is 29.3 Å². The van der Waals surface area contributed by atoms with Gasteiger partial charge in [-0.1, -0.05) is 31.0 Å². The fourth-order valence-electron chi connectivity index (χ4n) is 10.3. The molecule has 5 aromatic rings. The molecule has 0 radical (unpaired) electrons. The number of ether oxygens (including phenoxy) is 1. The number of hydrogen-bond acceptors (Lipinski definition) is 11. The van der Waals surface area contributed by atoms with Crippen LogP contribution in [0.1, 0.15) is 69.0 Å². The minimum Gasteiger partial charge on any atom is -0.461 e. The van der Waals surface area contributed by atoms with Gasteiger partial charge in [0.2, 0.25) is 0 Å². The van der Waals surface area contributed by atoms with E-state index in [4.69, 9.17) is 27.1 Å². The predicted octanol–water partition coefficient (Wildman–Crippen LogP) is 7.97. The van der Waals surface area contributed by atoms with E-state index in [0.717, 1.165) is 50.0 Å². The number of rotatable bonds is 6. The lowest BCUT2D eigenvalue weighted by Crippen LogP contribution is -2.69. The monoisotopic (exact) mass is 828 g/mol. The first kappa shape index (κ1) is 38.4. The second kappa shape index (κ2) is 14.3. The number of nitriles is 2. The van der Waals surface area contributed by atoms with Crippen LogP contribution in [-0.2, 0) is 0 Å². The molecule has 1 amide bonds. The second-order valence-corrected chi connectivity index (χ2v) is 17.6. The lowest BCUT2D eigenvalue weighted by atomic mass is 9.67. The molecule has 1 spiro atoms. The molecule has 17 heteroatoms. The van der Waals surface area contributed by atoms with E-state index in [9.17, 15) is 19.7 Å². The van der Waals surface area contributed by atoms with Crippen LogP contribution in [0.4, 0.5) is 28.8 Å². The van der Waals surface area contributed by atoms with Crippen LogP contribution in [-0.4, -0.2) is 92.4 Å².